The van der Waals surface area contributed by atoms with Gasteiger partial charge < -0.3 is 5.32 Å². The normalized spacial score (nSPS) is 14.1. The standard InChI is InChI=1S/C12H17F3N2/c1-8(2)6-11(16-3)9-7-17-5-4-10(9)12(13,14)15/h4-5,7-8,11,16H,6H2,1-3H3. The molecule has 0 saturated heterocycles. The molecular weight excluding hydrogens is 229 g/mol. The van der Waals surface area contributed by atoms with E-state index in [1.54, 1.807) is 7.05 Å². The molecule has 0 saturated carbocycles. The molecule has 1 heterocycles. The molecule has 0 fully saturated rings. The third-order valence-corrected chi connectivity index (χ3v) is 2.59. The lowest BCUT2D eigenvalue weighted by Gasteiger charge is -2.22. The lowest BCUT2D eigenvalue weighted by Crippen LogP contribution is -2.22. The van der Waals surface area contributed by atoms with Crippen molar-refractivity contribution in [3.05, 3.63) is 29.6 Å². The molecule has 0 amide bonds. The van der Waals surface area contributed by atoms with Crippen molar-refractivity contribution >= 4 is 0 Å². The lowest BCUT2D eigenvalue weighted by molar-refractivity contribution is -0.138. The van der Waals surface area contributed by atoms with E-state index >= 15 is 0 Å². The first-order valence-electron chi connectivity index (χ1n) is 5.54. The van der Waals surface area contributed by atoms with Crippen molar-refractivity contribution in [3.8, 4) is 0 Å². The number of halogens is 3. The predicted molar refractivity (Wildman–Crippen MR) is 60.5 cm³/mol. The molecule has 1 unspecified atom stereocenters. The van der Waals surface area contributed by atoms with Gasteiger partial charge in [0.05, 0.1) is 5.56 Å². The van der Waals surface area contributed by atoms with Gasteiger partial charge in [0.15, 0.2) is 0 Å². The van der Waals surface area contributed by atoms with Crippen molar-refractivity contribution in [1.29, 1.82) is 0 Å². The van der Waals surface area contributed by atoms with Crippen molar-refractivity contribution in [2.45, 2.75) is 32.5 Å². The first-order valence-corrected chi connectivity index (χ1v) is 5.54. The number of nitrogens with zero attached hydrogens (tertiary/aromatic N) is 1. The summed E-state index contributed by atoms with van der Waals surface area (Å²) >= 11 is 0. The van der Waals surface area contributed by atoms with Crippen molar-refractivity contribution in [3.63, 3.8) is 0 Å². The van der Waals surface area contributed by atoms with Crippen LogP contribution in [0.25, 0.3) is 0 Å². The molecule has 0 radical (unpaired) electrons. The van der Waals surface area contributed by atoms with Crippen LogP contribution in [-0.2, 0) is 6.18 Å². The summed E-state index contributed by atoms with van der Waals surface area (Å²) in [6.07, 6.45) is -1.21. The highest BCUT2D eigenvalue weighted by Crippen LogP contribution is 2.35. The Morgan fingerprint density at radius 3 is 2.47 bits per heavy atom. The second-order valence-corrected chi connectivity index (χ2v) is 4.43. The summed E-state index contributed by atoms with van der Waals surface area (Å²) < 4.78 is 38.5. The van der Waals surface area contributed by atoms with Crippen molar-refractivity contribution in [1.82, 2.24) is 10.3 Å². The second kappa shape index (κ2) is 5.49. The van der Waals surface area contributed by atoms with Gasteiger partial charge >= 0.3 is 6.18 Å². The molecule has 0 bridgehead atoms. The zero-order chi connectivity index (χ0) is 13.1. The topological polar surface area (TPSA) is 24.9 Å². The molecule has 0 spiro atoms. The molecule has 1 N–H and O–H groups in total. The van der Waals surface area contributed by atoms with E-state index in [-0.39, 0.29) is 11.6 Å². The summed E-state index contributed by atoms with van der Waals surface area (Å²) in [7, 11) is 1.67. The molecule has 96 valence electrons. The molecule has 0 aromatic carbocycles. The monoisotopic (exact) mass is 246 g/mol. The predicted octanol–water partition coefficient (Wildman–Crippen LogP) is 3.41. The van der Waals surface area contributed by atoms with Crippen LogP contribution in [0.15, 0.2) is 18.5 Å². The SMILES string of the molecule is CNC(CC(C)C)c1cnccc1C(F)(F)F. The summed E-state index contributed by atoms with van der Waals surface area (Å²) in [5, 5.41) is 2.92. The van der Waals surface area contributed by atoms with Crippen molar-refractivity contribution in [2.75, 3.05) is 7.05 Å². The molecule has 0 aliphatic carbocycles. The highest BCUT2D eigenvalue weighted by atomic mass is 19.4. The van der Waals surface area contributed by atoms with Crippen LogP contribution in [0.3, 0.4) is 0 Å². The Morgan fingerprint density at radius 2 is 2.00 bits per heavy atom. The fraction of sp³-hybridized carbons (Fsp3) is 0.583. The summed E-state index contributed by atoms with van der Waals surface area (Å²) in [5.41, 5.74) is -0.385. The van der Waals surface area contributed by atoms with E-state index in [2.05, 4.69) is 10.3 Å². The first-order chi connectivity index (χ1) is 7.86. The van der Waals surface area contributed by atoms with Crippen LogP contribution in [0, 0.1) is 5.92 Å². The first kappa shape index (κ1) is 14.0. The number of hydrogen-bond acceptors (Lipinski definition) is 2. The quantitative estimate of drug-likeness (QED) is 0.880. The van der Waals surface area contributed by atoms with Gasteiger partial charge in [-0.05, 0) is 31.0 Å². The van der Waals surface area contributed by atoms with Gasteiger partial charge in [0.2, 0.25) is 0 Å². The average molecular weight is 246 g/mol. The van der Waals surface area contributed by atoms with Gasteiger partial charge in [-0.25, -0.2) is 0 Å². The van der Waals surface area contributed by atoms with Crippen LogP contribution in [0.1, 0.15) is 37.4 Å². The van der Waals surface area contributed by atoms with E-state index in [9.17, 15) is 13.2 Å². The Bertz CT molecular complexity index is 361. The number of hydrogen-bond donors (Lipinski definition) is 1. The van der Waals surface area contributed by atoms with Gasteiger partial charge in [0.25, 0.3) is 0 Å². The highest BCUT2D eigenvalue weighted by molar-refractivity contribution is 5.29. The molecule has 5 heteroatoms. The molecule has 17 heavy (non-hydrogen) atoms. The van der Waals surface area contributed by atoms with Crippen LogP contribution in [0.5, 0.6) is 0 Å². The number of pyridine rings is 1. The Kier molecular flexibility index (Phi) is 4.51. The zero-order valence-electron chi connectivity index (χ0n) is 10.2. The Morgan fingerprint density at radius 1 is 1.35 bits per heavy atom. The summed E-state index contributed by atoms with van der Waals surface area (Å²) in [5.74, 6) is 0.314. The minimum absolute atomic E-state index is 0.219. The molecule has 0 aliphatic rings. The minimum atomic E-state index is -4.33. The molecule has 0 aliphatic heterocycles. The van der Waals surface area contributed by atoms with E-state index in [1.165, 1.54) is 12.4 Å². The largest absolute Gasteiger partial charge is 0.416 e. The summed E-state index contributed by atoms with van der Waals surface area (Å²) in [4.78, 5) is 3.79. The van der Waals surface area contributed by atoms with Gasteiger partial charge in [-0.3, -0.25) is 4.98 Å². The van der Waals surface area contributed by atoms with Crippen LogP contribution in [-0.4, -0.2) is 12.0 Å². The summed E-state index contributed by atoms with van der Waals surface area (Å²) in [6, 6.07) is 0.709. The smallest absolute Gasteiger partial charge is 0.313 e. The average Bonchev–Trinajstić information content (AvgIpc) is 2.24. The minimum Gasteiger partial charge on any atom is -0.313 e. The highest BCUT2D eigenvalue weighted by Gasteiger charge is 2.35. The Labute approximate surface area is 99.3 Å². The number of nitrogens with one attached hydrogen (secondary N) is 1. The third-order valence-electron chi connectivity index (χ3n) is 2.59. The van der Waals surface area contributed by atoms with Crippen molar-refractivity contribution in [2.24, 2.45) is 5.92 Å². The maximum Gasteiger partial charge on any atom is 0.416 e. The van der Waals surface area contributed by atoms with Crippen LogP contribution < -0.4 is 5.32 Å². The maximum atomic E-state index is 12.8. The summed E-state index contributed by atoms with van der Waals surface area (Å²) in [6.45, 7) is 3.96. The molecule has 2 nitrogen and oxygen atoms in total. The molecule has 1 aromatic heterocycles. The van der Waals surface area contributed by atoms with E-state index in [0.29, 0.717) is 12.3 Å². The van der Waals surface area contributed by atoms with Gasteiger partial charge in [0, 0.05) is 18.4 Å². The van der Waals surface area contributed by atoms with E-state index in [4.69, 9.17) is 0 Å². The van der Waals surface area contributed by atoms with Crippen LogP contribution in [0.4, 0.5) is 13.2 Å². The molecule has 1 rings (SSSR count). The van der Waals surface area contributed by atoms with E-state index in [0.717, 1.165) is 6.07 Å². The van der Waals surface area contributed by atoms with Gasteiger partial charge in [-0.15, -0.1) is 0 Å². The van der Waals surface area contributed by atoms with Gasteiger partial charge in [0.1, 0.15) is 0 Å². The lowest BCUT2D eigenvalue weighted by atomic mass is 9.95. The van der Waals surface area contributed by atoms with Gasteiger partial charge in [-0.2, -0.15) is 13.2 Å². The molecular formula is C12H17F3N2. The molecule has 1 atom stereocenters. The fourth-order valence-corrected chi connectivity index (χ4v) is 1.81. The van der Waals surface area contributed by atoms with Crippen LogP contribution in [0.2, 0.25) is 0 Å². The third kappa shape index (κ3) is 3.70. The van der Waals surface area contributed by atoms with Gasteiger partial charge in [-0.1, -0.05) is 13.8 Å². The van der Waals surface area contributed by atoms with Crippen molar-refractivity contribution < 1.29 is 13.2 Å². The van der Waals surface area contributed by atoms with Crippen LogP contribution >= 0.6 is 0 Å². The van der Waals surface area contributed by atoms with E-state index in [1.807, 2.05) is 13.8 Å². The Hall–Kier alpha value is -1.10. The Balaban J connectivity index is 3.11. The fourth-order valence-electron chi connectivity index (χ4n) is 1.81. The van der Waals surface area contributed by atoms with E-state index < -0.39 is 11.7 Å². The maximum absolute atomic E-state index is 12.8. The zero-order valence-corrected chi connectivity index (χ0v) is 10.2. The molecule has 1 aromatic rings. The second-order valence-electron chi connectivity index (χ2n) is 4.43. The number of aromatic nitrogens is 1. The number of rotatable bonds is 4. The number of alkyl halides is 3.